The zero-order chi connectivity index (χ0) is 20.3. The second kappa shape index (κ2) is 8.04. The molecule has 2 heterocycles. The Hall–Kier alpha value is -2.84. The first-order valence-corrected chi connectivity index (χ1v) is 8.93. The summed E-state index contributed by atoms with van der Waals surface area (Å²) >= 11 is 0. The molecule has 28 heavy (non-hydrogen) atoms. The number of aryl methyl sites for hydroxylation is 2. The largest absolute Gasteiger partial charge is 0.472 e. The molecule has 2 amide bonds. The molecule has 0 spiro atoms. The molecule has 1 aliphatic rings. The number of anilines is 1. The van der Waals surface area contributed by atoms with Gasteiger partial charge >= 0.3 is 12.2 Å². The summed E-state index contributed by atoms with van der Waals surface area (Å²) in [6.45, 7) is 4.56. The maximum Gasteiger partial charge on any atom is 0.416 e. The normalized spacial score (nSPS) is 17.3. The second-order valence-electron chi connectivity index (χ2n) is 6.73. The smallest absolute Gasteiger partial charge is 0.416 e. The van der Waals surface area contributed by atoms with Gasteiger partial charge in [0.2, 0.25) is 5.88 Å². The Balaban J connectivity index is 1.59. The lowest BCUT2D eigenvalue weighted by Crippen LogP contribution is -2.46. The van der Waals surface area contributed by atoms with E-state index in [0.29, 0.717) is 30.5 Å². The Labute approximate surface area is 160 Å². The molecule has 6 nitrogen and oxygen atoms in total. The van der Waals surface area contributed by atoms with Crippen molar-refractivity contribution in [3.63, 3.8) is 0 Å². The first-order chi connectivity index (χ1) is 13.2. The van der Waals surface area contributed by atoms with Crippen molar-refractivity contribution in [1.82, 2.24) is 14.9 Å². The van der Waals surface area contributed by atoms with Crippen LogP contribution in [0.15, 0.2) is 30.3 Å². The van der Waals surface area contributed by atoms with Gasteiger partial charge in [-0.3, -0.25) is 0 Å². The SMILES string of the molecule is Cc1cc(OC2CCCN(C(=O)Nc3ccc(C(F)(F)F)cc3)C2)nc(C)n1. The molecule has 0 bridgehead atoms. The number of nitrogens with one attached hydrogen (secondary N) is 1. The Morgan fingerprint density at radius 3 is 2.57 bits per heavy atom. The number of carbonyl (C=O) groups is 1. The highest BCUT2D eigenvalue weighted by Crippen LogP contribution is 2.30. The van der Waals surface area contributed by atoms with Crippen LogP contribution in [0.1, 0.15) is 29.9 Å². The highest BCUT2D eigenvalue weighted by Gasteiger charge is 2.30. The van der Waals surface area contributed by atoms with E-state index in [4.69, 9.17) is 4.74 Å². The first kappa shape index (κ1) is 19.9. The summed E-state index contributed by atoms with van der Waals surface area (Å²) in [5.41, 5.74) is 0.352. The third-order valence-corrected chi connectivity index (χ3v) is 4.36. The fourth-order valence-electron chi connectivity index (χ4n) is 3.08. The molecule has 0 radical (unpaired) electrons. The van der Waals surface area contributed by atoms with E-state index in [9.17, 15) is 18.0 Å². The Morgan fingerprint density at radius 1 is 1.21 bits per heavy atom. The fourth-order valence-corrected chi connectivity index (χ4v) is 3.08. The van der Waals surface area contributed by atoms with Gasteiger partial charge in [0.1, 0.15) is 11.9 Å². The third kappa shape index (κ3) is 5.11. The van der Waals surface area contributed by atoms with E-state index in [1.54, 1.807) is 17.9 Å². The van der Waals surface area contributed by atoms with Crippen LogP contribution in [-0.4, -0.2) is 40.1 Å². The molecule has 1 aromatic heterocycles. The number of alkyl halides is 3. The molecule has 1 aliphatic heterocycles. The molecule has 1 saturated heterocycles. The van der Waals surface area contributed by atoms with Crippen LogP contribution >= 0.6 is 0 Å². The summed E-state index contributed by atoms with van der Waals surface area (Å²) in [7, 11) is 0. The van der Waals surface area contributed by atoms with Gasteiger partial charge in [-0.05, 0) is 51.0 Å². The Kier molecular flexibility index (Phi) is 5.71. The maximum absolute atomic E-state index is 12.6. The van der Waals surface area contributed by atoms with Crippen LogP contribution in [0.2, 0.25) is 0 Å². The van der Waals surface area contributed by atoms with Crippen LogP contribution in [-0.2, 0) is 6.18 Å². The predicted octanol–water partition coefficient (Wildman–Crippen LogP) is 4.19. The van der Waals surface area contributed by atoms with E-state index in [-0.39, 0.29) is 12.1 Å². The molecule has 150 valence electrons. The molecule has 1 unspecified atom stereocenters. The molecule has 2 aromatic rings. The van der Waals surface area contributed by atoms with Gasteiger partial charge in [-0.15, -0.1) is 0 Å². The molecule has 1 atom stereocenters. The summed E-state index contributed by atoms with van der Waals surface area (Å²) < 4.78 is 43.8. The molecule has 0 aliphatic carbocycles. The van der Waals surface area contributed by atoms with Crippen LogP contribution in [0.5, 0.6) is 5.88 Å². The van der Waals surface area contributed by atoms with Crippen LogP contribution in [0.3, 0.4) is 0 Å². The van der Waals surface area contributed by atoms with Crippen LogP contribution in [0.25, 0.3) is 0 Å². The third-order valence-electron chi connectivity index (χ3n) is 4.36. The number of benzene rings is 1. The van der Waals surface area contributed by atoms with Gasteiger partial charge in [0, 0.05) is 24.0 Å². The van der Waals surface area contributed by atoms with Gasteiger partial charge in [0.05, 0.1) is 12.1 Å². The van der Waals surface area contributed by atoms with Crippen molar-refractivity contribution in [2.24, 2.45) is 0 Å². The number of aromatic nitrogens is 2. The lowest BCUT2D eigenvalue weighted by molar-refractivity contribution is -0.137. The van der Waals surface area contributed by atoms with Gasteiger partial charge in [0.25, 0.3) is 0 Å². The molecule has 1 N–H and O–H groups in total. The van der Waals surface area contributed by atoms with Crippen molar-refractivity contribution in [3.8, 4) is 5.88 Å². The topological polar surface area (TPSA) is 67.3 Å². The number of amides is 2. The second-order valence-corrected chi connectivity index (χ2v) is 6.73. The van der Waals surface area contributed by atoms with Crippen molar-refractivity contribution in [3.05, 3.63) is 47.4 Å². The summed E-state index contributed by atoms with van der Waals surface area (Å²) in [4.78, 5) is 22.5. The quantitative estimate of drug-likeness (QED) is 0.848. The van der Waals surface area contributed by atoms with E-state index in [2.05, 4.69) is 15.3 Å². The van der Waals surface area contributed by atoms with E-state index in [1.165, 1.54) is 12.1 Å². The van der Waals surface area contributed by atoms with Crippen molar-refractivity contribution in [1.29, 1.82) is 0 Å². The highest BCUT2D eigenvalue weighted by atomic mass is 19.4. The number of ether oxygens (including phenoxy) is 1. The zero-order valence-electron chi connectivity index (χ0n) is 15.6. The standard InChI is InChI=1S/C19H21F3N4O2/c1-12-10-17(24-13(2)23-12)28-16-4-3-9-26(11-16)18(27)25-15-7-5-14(6-8-15)19(20,21)22/h5-8,10,16H,3-4,9,11H2,1-2H3,(H,25,27). The molecular weight excluding hydrogens is 373 g/mol. The Morgan fingerprint density at radius 2 is 1.93 bits per heavy atom. The van der Waals surface area contributed by atoms with Crippen molar-refractivity contribution < 1.29 is 22.7 Å². The molecule has 1 aromatic carbocycles. The summed E-state index contributed by atoms with van der Waals surface area (Å²) in [5.74, 6) is 1.09. The summed E-state index contributed by atoms with van der Waals surface area (Å²) in [6, 6.07) is 5.74. The van der Waals surface area contributed by atoms with Gasteiger partial charge in [0.15, 0.2) is 0 Å². The number of rotatable bonds is 3. The number of likely N-dealkylation sites (tertiary alicyclic amines) is 1. The number of carbonyl (C=O) groups excluding carboxylic acids is 1. The molecular formula is C19H21F3N4O2. The number of nitrogens with zero attached hydrogens (tertiary/aromatic N) is 3. The number of halogens is 3. The molecule has 0 saturated carbocycles. The molecule has 9 heteroatoms. The number of urea groups is 1. The minimum absolute atomic E-state index is 0.208. The van der Waals surface area contributed by atoms with Gasteiger partial charge in [-0.1, -0.05) is 0 Å². The minimum Gasteiger partial charge on any atom is -0.472 e. The summed E-state index contributed by atoms with van der Waals surface area (Å²) in [5, 5.41) is 2.63. The predicted molar refractivity (Wildman–Crippen MR) is 97.2 cm³/mol. The van der Waals surface area contributed by atoms with Crippen LogP contribution in [0.4, 0.5) is 23.7 Å². The average molecular weight is 394 g/mol. The van der Waals surface area contributed by atoms with Crippen LogP contribution < -0.4 is 10.1 Å². The van der Waals surface area contributed by atoms with E-state index in [1.807, 2.05) is 6.92 Å². The zero-order valence-corrected chi connectivity index (χ0v) is 15.6. The lowest BCUT2D eigenvalue weighted by Gasteiger charge is -2.32. The van der Waals surface area contributed by atoms with E-state index < -0.39 is 11.7 Å². The lowest BCUT2D eigenvalue weighted by atomic mass is 10.1. The monoisotopic (exact) mass is 394 g/mol. The maximum atomic E-state index is 12.6. The Bertz CT molecular complexity index is 820. The van der Waals surface area contributed by atoms with Crippen LogP contribution in [0, 0.1) is 13.8 Å². The highest BCUT2D eigenvalue weighted by molar-refractivity contribution is 5.89. The number of hydrogen-bond acceptors (Lipinski definition) is 4. The molecule has 1 fully saturated rings. The van der Waals surface area contributed by atoms with E-state index >= 15 is 0 Å². The van der Waals surface area contributed by atoms with Crippen molar-refractivity contribution in [2.45, 2.75) is 39.0 Å². The van der Waals surface area contributed by atoms with Crippen molar-refractivity contribution in [2.75, 3.05) is 18.4 Å². The minimum atomic E-state index is -4.41. The van der Waals surface area contributed by atoms with Gasteiger partial charge in [-0.25, -0.2) is 9.78 Å². The molecule has 3 rings (SSSR count). The average Bonchev–Trinajstić information content (AvgIpc) is 2.61. The number of hydrogen-bond donors (Lipinski definition) is 1. The summed E-state index contributed by atoms with van der Waals surface area (Å²) in [6.07, 6.45) is -3.07. The fraction of sp³-hybridized carbons (Fsp3) is 0.421. The van der Waals surface area contributed by atoms with Gasteiger partial charge < -0.3 is 15.0 Å². The number of piperidine rings is 1. The first-order valence-electron chi connectivity index (χ1n) is 8.93. The van der Waals surface area contributed by atoms with E-state index in [0.717, 1.165) is 30.7 Å². The van der Waals surface area contributed by atoms with Crippen molar-refractivity contribution >= 4 is 11.7 Å². The van der Waals surface area contributed by atoms with Gasteiger partial charge in [-0.2, -0.15) is 18.2 Å².